The van der Waals surface area contributed by atoms with Crippen molar-refractivity contribution in [1.82, 2.24) is 4.90 Å². The van der Waals surface area contributed by atoms with Crippen molar-refractivity contribution in [2.75, 3.05) is 36.5 Å². The highest BCUT2D eigenvalue weighted by Gasteiger charge is 2.47. The van der Waals surface area contributed by atoms with Crippen LogP contribution in [0.15, 0.2) is 97.1 Å². The maximum Gasteiger partial charge on any atom is 0.255 e. The molecule has 2 amide bonds. The summed E-state index contributed by atoms with van der Waals surface area (Å²) in [5, 5.41) is 3.11. The molecule has 234 valence electrons. The van der Waals surface area contributed by atoms with E-state index in [2.05, 4.69) is 69.1 Å². The zero-order chi connectivity index (χ0) is 32.2. The van der Waals surface area contributed by atoms with Gasteiger partial charge in [-0.15, -0.1) is 0 Å². The molecule has 45 heavy (non-hydrogen) atoms. The van der Waals surface area contributed by atoms with Crippen LogP contribution in [0, 0.1) is 0 Å². The molecule has 1 N–H and O–H groups in total. The second-order valence-corrected chi connectivity index (χ2v) is 12.7. The van der Waals surface area contributed by atoms with Crippen LogP contribution in [0.5, 0.6) is 5.75 Å². The van der Waals surface area contributed by atoms with Gasteiger partial charge in [-0.05, 0) is 98.1 Å². The lowest BCUT2D eigenvalue weighted by molar-refractivity contribution is -0.117. The van der Waals surface area contributed by atoms with Crippen LogP contribution < -0.4 is 15.0 Å². The molecule has 5 rings (SSSR count). The summed E-state index contributed by atoms with van der Waals surface area (Å²) in [6.45, 7) is 16.0. The highest BCUT2D eigenvalue weighted by atomic mass is 16.5. The van der Waals surface area contributed by atoms with E-state index in [4.69, 9.17) is 4.74 Å². The van der Waals surface area contributed by atoms with Crippen LogP contribution in [0.4, 0.5) is 11.4 Å². The van der Waals surface area contributed by atoms with E-state index in [1.54, 1.807) is 6.92 Å². The number of anilines is 2. The zero-order valence-corrected chi connectivity index (χ0v) is 27.4. The number of carbonyl (C=O) groups is 2. The van der Waals surface area contributed by atoms with E-state index in [9.17, 15) is 9.59 Å². The number of fused-ring (bicyclic) bond motifs is 1. The summed E-state index contributed by atoms with van der Waals surface area (Å²) in [6, 6.07) is 32.0. The zero-order valence-electron chi connectivity index (χ0n) is 27.4. The van der Waals surface area contributed by atoms with Gasteiger partial charge in [-0.25, -0.2) is 0 Å². The summed E-state index contributed by atoms with van der Waals surface area (Å²) in [6.07, 6.45) is 0.715. The fraction of sp³-hybridized carbons (Fsp3) is 0.333. The number of ether oxygens (including phenoxy) is 1. The Bertz CT molecular complexity index is 1630. The quantitative estimate of drug-likeness (QED) is 0.199. The van der Waals surface area contributed by atoms with Crippen molar-refractivity contribution in [3.05, 3.63) is 114 Å². The average Bonchev–Trinajstić information content (AvgIpc) is 3.03. The van der Waals surface area contributed by atoms with Gasteiger partial charge in [-0.1, -0.05) is 75.4 Å². The van der Waals surface area contributed by atoms with Gasteiger partial charge in [-0.2, -0.15) is 0 Å². The number of rotatable bonds is 10. The van der Waals surface area contributed by atoms with Crippen LogP contribution in [0.25, 0.3) is 11.1 Å². The van der Waals surface area contributed by atoms with Gasteiger partial charge in [0.25, 0.3) is 5.91 Å². The number of nitrogens with zero attached hydrogens (tertiary/aromatic N) is 2. The number of nitrogens with one attached hydrogen (secondary N) is 1. The lowest BCUT2D eigenvalue weighted by atomic mass is 9.65. The first-order valence-electron chi connectivity index (χ1n) is 15.9. The molecule has 1 aliphatic rings. The summed E-state index contributed by atoms with van der Waals surface area (Å²) in [4.78, 5) is 30.6. The molecule has 6 heteroatoms. The Kier molecular flexibility index (Phi) is 9.45. The number of hydrogen-bond donors (Lipinski definition) is 1. The molecule has 0 spiro atoms. The predicted molar refractivity (Wildman–Crippen MR) is 184 cm³/mol. The summed E-state index contributed by atoms with van der Waals surface area (Å²) < 4.78 is 6.07. The van der Waals surface area contributed by atoms with Crippen molar-refractivity contribution in [2.24, 2.45) is 0 Å². The van der Waals surface area contributed by atoms with E-state index in [0.29, 0.717) is 24.3 Å². The van der Waals surface area contributed by atoms with Crippen molar-refractivity contribution >= 4 is 23.2 Å². The fourth-order valence-corrected chi connectivity index (χ4v) is 6.87. The molecule has 4 aromatic carbocycles. The molecular formula is C39H45N3O3. The van der Waals surface area contributed by atoms with Crippen molar-refractivity contribution in [3.63, 3.8) is 0 Å². The highest BCUT2D eigenvalue weighted by Crippen LogP contribution is 2.51. The molecule has 0 saturated carbocycles. The van der Waals surface area contributed by atoms with E-state index in [1.807, 2.05) is 77.7 Å². The van der Waals surface area contributed by atoms with Crippen LogP contribution >= 0.6 is 0 Å². The second kappa shape index (κ2) is 13.3. The van der Waals surface area contributed by atoms with Gasteiger partial charge < -0.3 is 19.9 Å². The van der Waals surface area contributed by atoms with Gasteiger partial charge in [0.2, 0.25) is 5.91 Å². The summed E-state index contributed by atoms with van der Waals surface area (Å²) >= 11 is 0. The SMILES string of the molecule is CCN(CC)CCOc1ccc(C2(C)CC(C)(C)N(C(C)=O)c3ccc(NC(=O)c4ccc(-c5ccccc5)cc4)cc32)cc1. The molecule has 0 fully saturated rings. The third-order valence-corrected chi connectivity index (χ3v) is 9.11. The highest BCUT2D eigenvalue weighted by molar-refractivity contribution is 6.05. The molecule has 0 aromatic heterocycles. The first-order valence-corrected chi connectivity index (χ1v) is 15.9. The predicted octanol–water partition coefficient (Wildman–Crippen LogP) is 8.17. The van der Waals surface area contributed by atoms with Crippen molar-refractivity contribution < 1.29 is 14.3 Å². The molecule has 1 aliphatic heterocycles. The number of hydrogen-bond acceptors (Lipinski definition) is 4. The minimum Gasteiger partial charge on any atom is -0.492 e. The molecular weight excluding hydrogens is 558 g/mol. The van der Waals surface area contributed by atoms with Crippen molar-refractivity contribution in [2.45, 2.75) is 58.9 Å². The van der Waals surface area contributed by atoms with Gasteiger partial charge >= 0.3 is 0 Å². The van der Waals surface area contributed by atoms with Gasteiger partial charge in [0.15, 0.2) is 0 Å². The molecule has 0 aliphatic carbocycles. The lowest BCUT2D eigenvalue weighted by Gasteiger charge is -2.51. The first kappa shape index (κ1) is 32.0. The number of likely N-dealkylation sites (N-methyl/N-ethyl adjacent to an activating group) is 1. The second-order valence-electron chi connectivity index (χ2n) is 12.7. The van der Waals surface area contributed by atoms with E-state index in [0.717, 1.165) is 53.3 Å². The summed E-state index contributed by atoms with van der Waals surface area (Å²) in [5.41, 5.74) is 5.61. The minimum absolute atomic E-state index is 0.00413. The van der Waals surface area contributed by atoms with Crippen molar-refractivity contribution in [1.29, 1.82) is 0 Å². The van der Waals surface area contributed by atoms with E-state index < -0.39 is 11.0 Å². The Morgan fingerprint density at radius 1 is 0.844 bits per heavy atom. The molecule has 1 unspecified atom stereocenters. The monoisotopic (exact) mass is 603 g/mol. The summed E-state index contributed by atoms with van der Waals surface area (Å²) in [7, 11) is 0. The number of benzene rings is 4. The lowest BCUT2D eigenvalue weighted by Crippen LogP contribution is -2.55. The van der Waals surface area contributed by atoms with Crippen LogP contribution in [-0.2, 0) is 10.2 Å². The Labute approximate surface area is 268 Å². The largest absolute Gasteiger partial charge is 0.492 e. The molecule has 0 bridgehead atoms. The third kappa shape index (κ3) is 6.81. The van der Waals surface area contributed by atoms with E-state index in [1.165, 1.54) is 0 Å². The first-order chi connectivity index (χ1) is 21.6. The van der Waals surface area contributed by atoms with Crippen LogP contribution in [-0.4, -0.2) is 48.5 Å². The molecule has 6 nitrogen and oxygen atoms in total. The Morgan fingerprint density at radius 3 is 2.11 bits per heavy atom. The van der Waals surface area contributed by atoms with Crippen molar-refractivity contribution in [3.8, 4) is 16.9 Å². The standard InChI is InChI=1S/C39H45N3O3/c1-7-41(8-2)24-25-45-34-21-18-32(19-22-34)39(6)27-38(4,5)42(28(3)43)36-23-20-33(26-35(36)39)40-37(44)31-16-14-30(15-17-31)29-12-10-9-11-13-29/h9-23,26H,7-8,24-25,27H2,1-6H3,(H,40,44). The van der Waals surface area contributed by atoms with Gasteiger partial charge in [-0.3, -0.25) is 9.59 Å². The number of amides is 2. The van der Waals surface area contributed by atoms with E-state index >= 15 is 0 Å². The van der Waals surface area contributed by atoms with Crippen LogP contribution in [0.3, 0.4) is 0 Å². The molecule has 0 saturated heterocycles. The summed E-state index contributed by atoms with van der Waals surface area (Å²) in [5.74, 6) is 0.659. The van der Waals surface area contributed by atoms with E-state index in [-0.39, 0.29) is 11.8 Å². The van der Waals surface area contributed by atoms with Crippen LogP contribution in [0.1, 0.15) is 69.4 Å². The normalized spacial score (nSPS) is 17.1. The maximum atomic E-state index is 13.3. The Balaban J connectivity index is 1.42. The van der Waals surface area contributed by atoms with Gasteiger partial charge in [0.1, 0.15) is 12.4 Å². The molecule has 4 aromatic rings. The smallest absolute Gasteiger partial charge is 0.255 e. The fourth-order valence-electron chi connectivity index (χ4n) is 6.87. The molecule has 1 atom stereocenters. The third-order valence-electron chi connectivity index (χ3n) is 9.11. The topological polar surface area (TPSA) is 61.9 Å². The molecule has 1 heterocycles. The average molecular weight is 604 g/mol. The Morgan fingerprint density at radius 2 is 1.49 bits per heavy atom. The minimum atomic E-state index is -0.419. The maximum absolute atomic E-state index is 13.3. The van der Waals surface area contributed by atoms with Gasteiger partial charge in [0, 0.05) is 41.4 Å². The Hall–Kier alpha value is -4.42. The molecule has 0 radical (unpaired) electrons. The van der Waals surface area contributed by atoms with Crippen LogP contribution in [0.2, 0.25) is 0 Å². The van der Waals surface area contributed by atoms with Gasteiger partial charge in [0.05, 0.1) is 0 Å². The number of carbonyl (C=O) groups excluding carboxylic acids is 2.